The number of hydrogen-bond donors (Lipinski definition) is 1. The van der Waals surface area contributed by atoms with Gasteiger partial charge in [0.1, 0.15) is 0 Å². The van der Waals surface area contributed by atoms with E-state index in [0.29, 0.717) is 16.0 Å². The second-order valence-electron chi connectivity index (χ2n) is 7.00. The molecule has 1 aromatic heterocycles. The van der Waals surface area contributed by atoms with Gasteiger partial charge < -0.3 is 14.7 Å². The number of Topliss-reactive ketones (excluding diaryl/α,β-unsaturated/α-hetero) is 1. The number of nitrogens with zero attached hydrogens (tertiary/aromatic N) is 1. The molecule has 1 atom stereocenters. The van der Waals surface area contributed by atoms with Crippen LogP contribution in [0.5, 0.6) is 0 Å². The molecule has 0 fully saturated rings. The number of benzene rings is 2. The molecule has 2 heterocycles. The zero-order valence-electron chi connectivity index (χ0n) is 16.6. The molecule has 0 bridgehead atoms. The van der Waals surface area contributed by atoms with Crippen molar-refractivity contribution >= 4 is 29.0 Å². The van der Waals surface area contributed by atoms with E-state index < -0.39 is 29.5 Å². The molecule has 0 radical (unpaired) electrons. The number of ether oxygens (including phenoxy) is 1. The maximum atomic E-state index is 13.2. The van der Waals surface area contributed by atoms with Crippen LogP contribution in [0.1, 0.15) is 37.2 Å². The molecule has 1 N–H and O–H groups in total. The summed E-state index contributed by atoms with van der Waals surface area (Å²) >= 11 is 1.25. The average Bonchev–Trinajstić information content (AvgIpc) is 3.42. The molecular weight excluding hydrogens is 414 g/mol. The number of amides is 1. The second-order valence-corrected chi connectivity index (χ2v) is 7.95. The molecule has 0 spiro atoms. The van der Waals surface area contributed by atoms with Gasteiger partial charge in [0.2, 0.25) is 5.78 Å². The SMILES string of the molecule is COC(=O)c1ccc(C2C(C(=O)c3cccs3)=C(O)C(=O)N2Cc2ccccc2)cc1. The number of aliphatic hydroxyl groups is 1. The summed E-state index contributed by atoms with van der Waals surface area (Å²) in [6.45, 7) is 0.217. The van der Waals surface area contributed by atoms with Crippen LogP contribution in [-0.2, 0) is 16.1 Å². The number of rotatable bonds is 6. The van der Waals surface area contributed by atoms with Crippen molar-refractivity contribution in [3.05, 3.63) is 105 Å². The normalized spacial score (nSPS) is 16.0. The van der Waals surface area contributed by atoms with Crippen molar-refractivity contribution in [3.8, 4) is 0 Å². The van der Waals surface area contributed by atoms with Crippen LogP contribution in [0.4, 0.5) is 0 Å². The standard InChI is InChI=1S/C24H19NO5S/c1-30-24(29)17-11-9-16(10-12-17)20-19(21(26)18-8-5-13-31-18)22(27)23(28)25(20)14-15-6-3-2-4-7-15/h2-13,20,27H,14H2,1H3. The van der Waals surface area contributed by atoms with E-state index in [0.717, 1.165) is 5.56 Å². The number of thiophene rings is 1. The maximum Gasteiger partial charge on any atom is 0.337 e. The number of hydrogen-bond acceptors (Lipinski definition) is 6. The summed E-state index contributed by atoms with van der Waals surface area (Å²) in [4.78, 5) is 39.9. The van der Waals surface area contributed by atoms with Crippen molar-refractivity contribution < 1.29 is 24.2 Å². The zero-order chi connectivity index (χ0) is 22.0. The van der Waals surface area contributed by atoms with Gasteiger partial charge in [-0.15, -0.1) is 11.3 Å². The minimum absolute atomic E-state index is 0.0363. The molecular formula is C24H19NO5S. The first kappa shape index (κ1) is 20.6. The molecule has 1 unspecified atom stereocenters. The van der Waals surface area contributed by atoms with Gasteiger partial charge in [-0.25, -0.2) is 4.79 Å². The quantitative estimate of drug-likeness (QED) is 0.463. The van der Waals surface area contributed by atoms with E-state index in [9.17, 15) is 19.5 Å². The summed E-state index contributed by atoms with van der Waals surface area (Å²) in [6.07, 6.45) is 0. The number of esters is 1. The number of carbonyl (C=O) groups excluding carboxylic acids is 3. The predicted octanol–water partition coefficient (Wildman–Crippen LogP) is 4.31. The topological polar surface area (TPSA) is 83.9 Å². The molecule has 1 aliphatic heterocycles. The van der Waals surface area contributed by atoms with Gasteiger partial charge in [-0.1, -0.05) is 48.5 Å². The van der Waals surface area contributed by atoms with E-state index in [1.165, 1.54) is 23.3 Å². The number of aliphatic hydroxyl groups excluding tert-OH is 1. The molecule has 6 nitrogen and oxygen atoms in total. The zero-order valence-corrected chi connectivity index (χ0v) is 17.5. The van der Waals surface area contributed by atoms with Crippen LogP contribution in [0, 0.1) is 0 Å². The Morgan fingerprint density at radius 3 is 2.35 bits per heavy atom. The van der Waals surface area contributed by atoms with Crippen LogP contribution in [0.3, 0.4) is 0 Å². The van der Waals surface area contributed by atoms with Crippen LogP contribution in [0.2, 0.25) is 0 Å². The molecule has 0 saturated carbocycles. The second kappa shape index (κ2) is 8.57. The fourth-order valence-electron chi connectivity index (χ4n) is 3.64. The lowest BCUT2D eigenvalue weighted by Gasteiger charge is -2.27. The Kier molecular flexibility index (Phi) is 5.68. The fraction of sp³-hybridized carbons (Fsp3) is 0.125. The maximum absolute atomic E-state index is 13.2. The van der Waals surface area contributed by atoms with E-state index in [-0.39, 0.29) is 12.1 Å². The Bertz CT molecular complexity index is 1150. The first-order chi connectivity index (χ1) is 15.0. The highest BCUT2D eigenvalue weighted by Crippen LogP contribution is 2.40. The largest absolute Gasteiger partial charge is 0.503 e. The van der Waals surface area contributed by atoms with Crippen molar-refractivity contribution in [2.45, 2.75) is 12.6 Å². The first-order valence-corrected chi connectivity index (χ1v) is 10.4. The van der Waals surface area contributed by atoms with E-state index in [2.05, 4.69) is 0 Å². The van der Waals surface area contributed by atoms with Gasteiger partial charge in [0.05, 0.1) is 29.2 Å². The minimum atomic E-state index is -0.783. The molecule has 4 rings (SSSR count). The van der Waals surface area contributed by atoms with Crippen molar-refractivity contribution in [3.63, 3.8) is 0 Å². The smallest absolute Gasteiger partial charge is 0.337 e. The first-order valence-electron chi connectivity index (χ1n) is 9.55. The third-order valence-electron chi connectivity index (χ3n) is 5.14. The Labute approximate surface area is 183 Å². The minimum Gasteiger partial charge on any atom is -0.503 e. The predicted molar refractivity (Wildman–Crippen MR) is 116 cm³/mol. The lowest BCUT2D eigenvalue weighted by molar-refractivity contribution is -0.130. The fourth-order valence-corrected chi connectivity index (χ4v) is 4.31. The van der Waals surface area contributed by atoms with E-state index in [1.807, 2.05) is 30.3 Å². The van der Waals surface area contributed by atoms with Crippen LogP contribution in [0.25, 0.3) is 0 Å². The van der Waals surface area contributed by atoms with Gasteiger partial charge in [0, 0.05) is 6.54 Å². The Morgan fingerprint density at radius 1 is 1.03 bits per heavy atom. The van der Waals surface area contributed by atoms with Crippen LogP contribution in [0.15, 0.2) is 83.4 Å². The van der Waals surface area contributed by atoms with Crippen LogP contribution >= 0.6 is 11.3 Å². The summed E-state index contributed by atoms with van der Waals surface area (Å²) in [5.41, 5.74) is 1.87. The van der Waals surface area contributed by atoms with Gasteiger partial charge in [-0.05, 0) is 34.7 Å². The lowest BCUT2D eigenvalue weighted by Crippen LogP contribution is -2.30. The molecule has 0 aliphatic carbocycles. The summed E-state index contributed by atoms with van der Waals surface area (Å²) < 4.78 is 4.74. The molecule has 2 aromatic carbocycles. The molecule has 3 aromatic rings. The molecule has 1 amide bonds. The third-order valence-corrected chi connectivity index (χ3v) is 6.01. The van der Waals surface area contributed by atoms with E-state index in [1.54, 1.807) is 41.8 Å². The van der Waals surface area contributed by atoms with Gasteiger partial charge in [0.15, 0.2) is 5.76 Å². The Morgan fingerprint density at radius 2 is 1.74 bits per heavy atom. The number of methoxy groups -OCH3 is 1. The van der Waals surface area contributed by atoms with Crippen LogP contribution < -0.4 is 0 Å². The molecule has 1 aliphatic rings. The van der Waals surface area contributed by atoms with Crippen molar-refractivity contribution in [1.29, 1.82) is 0 Å². The van der Waals surface area contributed by atoms with Gasteiger partial charge >= 0.3 is 5.97 Å². The monoisotopic (exact) mass is 433 g/mol. The lowest BCUT2D eigenvalue weighted by atomic mass is 9.94. The number of ketones is 1. The Balaban J connectivity index is 1.78. The number of carbonyl (C=O) groups is 3. The summed E-state index contributed by atoms with van der Waals surface area (Å²) in [7, 11) is 1.30. The molecule has 156 valence electrons. The molecule has 0 saturated heterocycles. The Hall–Kier alpha value is -3.71. The average molecular weight is 433 g/mol. The summed E-state index contributed by atoms with van der Waals surface area (Å²) in [6, 6.07) is 18.5. The molecule has 7 heteroatoms. The highest BCUT2D eigenvalue weighted by molar-refractivity contribution is 7.12. The highest BCUT2D eigenvalue weighted by atomic mass is 32.1. The van der Waals surface area contributed by atoms with Gasteiger partial charge in [0.25, 0.3) is 5.91 Å². The highest BCUT2D eigenvalue weighted by Gasteiger charge is 2.44. The van der Waals surface area contributed by atoms with E-state index >= 15 is 0 Å². The van der Waals surface area contributed by atoms with E-state index in [4.69, 9.17) is 4.74 Å². The summed E-state index contributed by atoms with van der Waals surface area (Å²) in [5.74, 6) is -2.02. The van der Waals surface area contributed by atoms with Crippen molar-refractivity contribution in [2.24, 2.45) is 0 Å². The van der Waals surface area contributed by atoms with Crippen LogP contribution in [-0.4, -0.2) is 34.8 Å². The van der Waals surface area contributed by atoms with Crippen molar-refractivity contribution in [2.75, 3.05) is 7.11 Å². The third kappa shape index (κ3) is 3.87. The summed E-state index contributed by atoms with van der Waals surface area (Å²) in [5, 5.41) is 12.5. The van der Waals surface area contributed by atoms with Gasteiger partial charge in [-0.2, -0.15) is 0 Å². The molecule has 31 heavy (non-hydrogen) atoms. The van der Waals surface area contributed by atoms with Gasteiger partial charge in [-0.3, -0.25) is 9.59 Å². The van der Waals surface area contributed by atoms with Crippen molar-refractivity contribution in [1.82, 2.24) is 4.90 Å².